The zero-order valence-corrected chi connectivity index (χ0v) is 15.0. The van der Waals surface area contributed by atoms with E-state index in [1.165, 1.54) is 0 Å². The zero-order valence-electron chi connectivity index (χ0n) is 15.0. The number of hydrogen-bond acceptors (Lipinski definition) is 4. The van der Waals surface area contributed by atoms with Gasteiger partial charge in [-0.2, -0.15) is 0 Å². The van der Waals surface area contributed by atoms with E-state index in [4.69, 9.17) is 0 Å². The average molecular weight is 352 g/mol. The van der Waals surface area contributed by atoms with Gasteiger partial charge in [0.25, 0.3) is 5.91 Å². The zero-order chi connectivity index (χ0) is 18.4. The Bertz CT molecular complexity index is 755. The van der Waals surface area contributed by atoms with Gasteiger partial charge < -0.3 is 15.1 Å². The van der Waals surface area contributed by atoms with Gasteiger partial charge in [-0.25, -0.2) is 4.98 Å². The van der Waals surface area contributed by atoms with E-state index in [2.05, 4.69) is 15.2 Å². The van der Waals surface area contributed by atoms with Crippen molar-refractivity contribution in [3.05, 3.63) is 59.8 Å². The predicted molar refractivity (Wildman–Crippen MR) is 101 cm³/mol. The number of nitrogens with one attached hydrogen (secondary N) is 1. The lowest BCUT2D eigenvalue weighted by Gasteiger charge is -2.35. The van der Waals surface area contributed by atoms with Crippen LogP contribution in [0.5, 0.6) is 0 Å². The average Bonchev–Trinajstić information content (AvgIpc) is 2.69. The van der Waals surface area contributed by atoms with Crippen LogP contribution in [0.2, 0.25) is 0 Å². The Balaban J connectivity index is 1.42. The number of carbonyl (C=O) groups excluding carboxylic acids is 2. The monoisotopic (exact) mass is 352 g/mol. The van der Waals surface area contributed by atoms with Crippen LogP contribution < -0.4 is 10.2 Å². The second-order valence-corrected chi connectivity index (χ2v) is 6.38. The van der Waals surface area contributed by atoms with Crippen molar-refractivity contribution < 1.29 is 9.59 Å². The minimum atomic E-state index is -0.129. The highest BCUT2D eigenvalue weighted by atomic mass is 16.2. The first-order chi connectivity index (χ1) is 12.6. The molecule has 1 aliphatic heterocycles. The molecule has 0 bridgehead atoms. The third kappa shape index (κ3) is 4.39. The number of aryl methyl sites for hydroxylation is 1. The number of nitrogens with zero attached hydrogens (tertiary/aromatic N) is 3. The third-order valence-corrected chi connectivity index (χ3v) is 4.62. The fourth-order valence-corrected chi connectivity index (χ4v) is 3.09. The van der Waals surface area contributed by atoms with Gasteiger partial charge in [-0.1, -0.05) is 24.3 Å². The van der Waals surface area contributed by atoms with E-state index in [0.29, 0.717) is 31.6 Å². The SMILES string of the molecule is Cc1ccccc1C(=O)NCCC(=O)N1CCN(c2ccccn2)CC1. The highest BCUT2D eigenvalue weighted by Crippen LogP contribution is 2.13. The number of pyridine rings is 1. The Hall–Kier alpha value is -2.89. The van der Waals surface area contributed by atoms with Crippen molar-refractivity contribution in [1.82, 2.24) is 15.2 Å². The van der Waals surface area contributed by atoms with Gasteiger partial charge in [0.1, 0.15) is 5.82 Å². The van der Waals surface area contributed by atoms with Crippen molar-refractivity contribution in [2.24, 2.45) is 0 Å². The molecule has 2 amide bonds. The van der Waals surface area contributed by atoms with Gasteiger partial charge in [0.2, 0.25) is 5.91 Å². The molecule has 2 aromatic rings. The van der Waals surface area contributed by atoms with Crippen LogP contribution in [0.3, 0.4) is 0 Å². The fourth-order valence-electron chi connectivity index (χ4n) is 3.09. The van der Waals surface area contributed by atoms with Gasteiger partial charge in [0.05, 0.1) is 0 Å². The summed E-state index contributed by atoms with van der Waals surface area (Å²) in [6, 6.07) is 13.3. The van der Waals surface area contributed by atoms with Gasteiger partial charge in [0, 0.05) is 50.9 Å². The summed E-state index contributed by atoms with van der Waals surface area (Å²) in [5, 5.41) is 2.84. The second-order valence-electron chi connectivity index (χ2n) is 6.38. The van der Waals surface area contributed by atoms with Gasteiger partial charge >= 0.3 is 0 Å². The molecular weight excluding hydrogens is 328 g/mol. The largest absolute Gasteiger partial charge is 0.353 e. The highest BCUT2D eigenvalue weighted by Gasteiger charge is 2.21. The minimum Gasteiger partial charge on any atom is -0.353 e. The Kier molecular flexibility index (Phi) is 5.84. The van der Waals surface area contributed by atoms with Crippen molar-refractivity contribution in [1.29, 1.82) is 0 Å². The van der Waals surface area contributed by atoms with Crippen LogP contribution in [-0.2, 0) is 4.79 Å². The fraction of sp³-hybridized carbons (Fsp3) is 0.350. The van der Waals surface area contributed by atoms with Crippen molar-refractivity contribution in [2.45, 2.75) is 13.3 Å². The summed E-state index contributed by atoms with van der Waals surface area (Å²) < 4.78 is 0. The topological polar surface area (TPSA) is 65.5 Å². The second kappa shape index (κ2) is 8.47. The van der Waals surface area contributed by atoms with Crippen molar-refractivity contribution in [3.8, 4) is 0 Å². The lowest BCUT2D eigenvalue weighted by Crippen LogP contribution is -2.49. The van der Waals surface area contributed by atoms with Gasteiger partial charge in [0.15, 0.2) is 0 Å². The predicted octanol–water partition coefficient (Wildman–Crippen LogP) is 1.86. The summed E-state index contributed by atoms with van der Waals surface area (Å²) in [4.78, 5) is 32.9. The van der Waals surface area contributed by atoms with Gasteiger partial charge in [-0.3, -0.25) is 9.59 Å². The van der Waals surface area contributed by atoms with E-state index in [9.17, 15) is 9.59 Å². The van der Waals surface area contributed by atoms with Crippen LogP contribution in [0.25, 0.3) is 0 Å². The van der Waals surface area contributed by atoms with Crippen LogP contribution in [0.1, 0.15) is 22.3 Å². The lowest BCUT2D eigenvalue weighted by molar-refractivity contribution is -0.131. The molecular formula is C20H24N4O2. The van der Waals surface area contributed by atoms with Crippen LogP contribution in [0, 0.1) is 6.92 Å². The number of aromatic nitrogens is 1. The van der Waals surface area contributed by atoms with E-state index in [0.717, 1.165) is 24.5 Å². The molecule has 6 nitrogen and oxygen atoms in total. The molecule has 0 aliphatic carbocycles. The van der Waals surface area contributed by atoms with E-state index in [1.807, 2.05) is 48.2 Å². The number of rotatable bonds is 5. The Labute approximate surface area is 153 Å². The van der Waals surface area contributed by atoms with Crippen LogP contribution >= 0.6 is 0 Å². The summed E-state index contributed by atoms with van der Waals surface area (Å²) in [5.74, 6) is 0.900. The highest BCUT2D eigenvalue weighted by molar-refractivity contribution is 5.95. The Morgan fingerprint density at radius 2 is 1.77 bits per heavy atom. The Morgan fingerprint density at radius 1 is 1.04 bits per heavy atom. The smallest absolute Gasteiger partial charge is 0.251 e. The summed E-state index contributed by atoms with van der Waals surface area (Å²) in [6.45, 7) is 5.17. The maximum Gasteiger partial charge on any atom is 0.251 e. The molecule has 2 heterocycles. The normalized spacial score (nSPS) is 14.2. The molecule has 136 valence electrons. The standard InChI is InChI=1S/C20H24N4O2/c1-16-6-2-3-7-17(16)20(26)22-11-9-19(25)24-14-12-23(13-15-24)18-8-4-5-10-21-18/h2-8,10H,9,11-15H2,1H3,(H,22,26). The number of hydrogen-bond donors (Lipinski definition) is 1. The van der Waals surface area contributed by atoms with Crippen molar-refractivity contribution >= 4 is 17.6 Å². The first-order valence-electron chi connectivity index (χ1n) is 8.93. The maximum absolute atomic E-state index is 12.4. The summed E-state index contributed by atoms with van der Waals surface area (Å²) >= 11 is 0. The van der Waals surface area contributed by atoms with E-state index in [1.54, 1.807) is 12.3 Å². The number of anilines is 1. The molecule has 0 saturated carbocycles. The van der Waals surface area contributed by atoms with Crippen molar-refractivity contribution in [2.75, 3.05) is 37.6 Å². The summed E-state index contributed by atoms with van der Waals surface area (Å²) in [7, 11) is 0. The van der Waals surface area contributed by atoms with Crippen LogP contribution in [-0.4, -0.2) is 54.4 Å². The number of benzene rings is 1. The summed E-state index contributed by atoms with van der Waals surface area (Å²) in [5.41, 5.74) is 1.59. The van der Waals surface area contributed by atoms with E-state index in [-0.39, 0.29) is 11.8 Å². The molecule has 1 saturated heterocycles. The van der Waals surface area contributed by atoms with E-state index < -0.39 is 0 Å². The summed E-state index contributed by atoms with van der Waals surface area (Å²) in [6.07, 6.45) is 2.10. The molecule has 0 radical (unpaired) electrons. The van der Waals surface area contributed by atoms with E-state index >= 15 is 0 Å². The maximum atomic E-state index is 12.4. The number of piperazine rings is 1. The minimum absolute atomic E-state index is 0.0794. The molecule has 26 heavy (non-hydrogen) atoms. The molecule has 1 aromatic heterocycles. The molecule has 1 aliphatic rings. The van der Waals surface area contributed by atoms with Gasteiger partial charge in [-0.05, 0) is 30.7 Å². The molecule has 1 aromatic carbocycles. The number of amides is 2. The van der Waals surface area contributed by atoms with Crippen molar-refractivity contribution in [3.63, 3.8) is 0 Å². The molecule has 6 heteroatoms. The third-order valence-electron chi connectivity index (χ3n) is 4.62. The molecule has 1 fully saturated rings. The molecule has 1 N–H and O–H groups in total. The molecule has 3 rings (SSSR count). The number of carbonyl (C=O) groups is 2. The molecule has 0 unspecified atom stereocenters. The molecule has 0 atom stereocenters. The Morgan fingerprint density at radius 3 is 2.46 bits per heavy atom. The first-order valence-corrected chi connectivity index (χ1v) is 8.93. The molecule has 0 spiro atoms. The van der Waals surface area contributed by atoms with Gasteiger partial charge in [-0.15, -0.1) is 0 Å². The lowest BCUT2D eigenvalue weighted by atomic mass is 10.1. The van der Waals surface area contributed by atoms with Crippen LogP contribution in [0.4, 0.5) is 5.82 Å². The van der Waals surface area contributed by atoms with Crippen LogP contribution in [0.15, 0.2) is 48.7 Å². The quantitative estimate of drug-likeness (QED) is 0.892. The first kappa shape index (κ1) is 17.9.